The zero-order valence-electron chi connectivity index (χ0n) is 12.0. The van der Waals surface area contributed by atoms with Crippen molar-refractivity contribution in [1.29, 1.82) is 0 Å². The van der Waals surface area contributed by atoms with Crippen LogP contribution in [-0.2, 0) is 23.5 Å². The van der Waals surface area contributed by atoms with Crippen molar-refractivity contribution in [3.63, 3.8) is 0 Å². The molecular formula is C13H14BrN5O2S. The Balaban J connectivity index is 1.91. The van der Waals surface area contributed by atoms with Gasteiger partial charge in [-0.3, -0.25) is 9.40 Å². The van der Waals surface area contributed by atoms with Gasteiger partial charge in [0.25, 0.3) is 0 Å². The molecule has 3 heterocycles. The number of hydrogen-bond acceptors (Lipinski definition) is 4. The van der Waals surface area contributed by atoms with Crippen LogP contribution < -0.4 is 4.72 Å². The van der Waals surface area contributed by atoms with Crippen LogP contribution in [0.25, 0.3) is 5.65 Å². The zero-order valence-corrected chi connectivity index (χ0v) is 14.4. The lowest BCUT2D eigenvalue weighted by Crippen LogP contribution is -2.09. The second-order valence-electron chi connectivity index (χ2n) is 5.09. The van der Waals surface area contributed by atoms with Crippen LogP contribution in [0.15, 0.2) is 35.3 Å². The van der Waals surface area contributed by atoms with Crippen LogP contribution in [0.1, 0.15) is 11.3 Å². The number of anilines is 1. The number of halogens is 1. The fourth-order valence-electron chi connectivity index (χ4n) is 2.23. The van der Waals surface area contributed by atoms with Crippen LogP contribution in [0.4, 0.5) is 5.69 Å². The normalized spacial score (nSPS) is 12.0. The van der Waals surface area contributed by atoms with Crippen molar-refractivity contribution in [3.8, 4) is 0 Å². The quantitative estimate of drug-likeness (QED) is 0.744. The Labute approximate surface area is 136 Å². The number of rotatable bonds is 4. The standard InChI is InChI=1S/C13H14BrN5O2S/c1-18-6-9(13(14)16-18)5-11-8-19-7-10(17-22(2,20)21)3-4-12(19)15-11/h3-4,6-8,17H,5H2,1-2H3. The maximum Gasteiger partial charge on any atom is 0.229 e. The minimum absolute atomic E-state index is 0.501. The molecule has 3 aromatic heterocycles. The minimum atomic E-state index is -3.29. The van der Waals surface area contributed by atoms with Crippen molar-refractivity contribution in [2.45, 2.75) is 6.42 Å². The van der Waals surface area contributed by atoms with E-state index in [1.807, 2.05) is 19.4 Å². The van der Waals surface area contributed by atoms with E-state index in [0.29, 0.717) is 12.1 Å². The Kier molecular flexibility index (Phi) is 3.69. The van der Waals surface area contributed by atoms with Crippen LogP contribution in [-0.4, -0.2) is 33.8 Å². The van der Waals surface area contributed by atoms with Gasteiger partial charge in [0.1, 0.15) is 10.3 Å². The number of nitrogens with zero attached hydrogens (tertiary/aromatic N) is 4. The summed E-state index contributed by atoms with van der Waals surface area (Å²) >= 11 is 3.42. The van der Waals surface area contributed by atoms with Gasteiger partial charge in [-0.15, -0.1) is 0 Å². The average Bonchev–Trinajstić information content (AvgIpc) is 2.90. The van der Waals surface area contributed by atoms with Crippen LogP contribution in [0.2, 0.25) is 0 Å². The monoisotopic (exact) mass is 383 g/mol. The van der Waals surface area contributed by atoms with E-state index in [0.717, 1.165) is 27.8 Å². The number of pyridine rings is 1. The predicted molar refractivity (Wildman–Crippen MR) is 87.4 cm³/mol. The highest BCUT2D eigenvalue weighted by atomic mass is 79.9. The smallest absolute Gasteiger partial charge is 0.229 e. The summed E-state index contributed by atoms with van der Waals surface area (Å²) in [5.74, 6) is 0. The summed E-state index contributed by atoms with van der Waals surface area (Å²) in [4.78, 5) is 4.52. The van der Waals surface area contributed by atoms with Crippen molar-refractivity contribution in [1.82, 2.24) is 19.2 Å². The van der Waals surface area contributed by atoms with Gasteiger partial charge < -0.3 is 4.40 Å². The number of fused-ring (bicyclic) bond motifs is 1. The molecule has 116 valence electrons. The number of hydrogen-bond donors (Lipinski definition) is 1. The number of sulfonamides is 1. The highest BCUT2D eigenvalue weighted by molar-refractivity contribution is 9.10. The largest absolute Gasteiger partial charge is 0.305 e. The summed E-state index contributed by atoms with van der Waals surface area (Å²) in [6.45, 7) is 0. The van der Waals surface area contributed by atoms with Gasteiger partial charge in [-0.1, -0.05) is 0 Å². The first kappa shape index (κ1) is 15.0. The summed E-state index contributed by atoms with van der Waals surface area (Å²) in [7, 11) is -1.43. The molecule has 0 radical (unpaired) electrons. The van der Waals surface area contributed by atoms with Gasteiger partial charge in [-0.2, -0.15) is 5.10 Å². The van der Waals surface area contributed by atoms with Gasteiger partial charge in [0.2, 0.25) is 10.0 Å². The van der Waals surface area contributed by atoms with E-state index in [2.05, 4.69) is 30.7 Å². The average molecular weight is 384 g/mol. The van der Waals surface area contributed by atoms with E-state index >= 15 is 0 Å². The molecule has 0 saturated heterocycles. The third-order valence-electron chi connectivity index (χ3n) is 3.03. The molecule has 0 aromatic carbocycles. The first-order valence-corrected chi connectivity index (χ1v) is 9.12. The molecule has 0 aliphatic heterocycles. The Morgan fingerprint density at radius 3 is 2.68 bits per heavy atom. The molecule has 3 rings (SSSR count). The van der Waals surface area contributed by atoms with Crippen LogP contribution in [0.5, 0.6) is 0 Å². The molecule has 7 nitrogen and oxygen atoms in total. The Bertz CT molecular complexity index is 945. The van der Waals surface area contributed by atoms with E-state index in [9.17, 15) is 8.42 Å². The lowest BCUT2D eigenvalue weighted by molar-refractivity contribution is 0.607. The molecule has 0 amide bonds. The molecule has 0 unspecified atom stereocenters. The third kappa shape index (κ3) is 3.30. The maximum absolute atomic E-state index is 11.3. The number of nitrogens with one attached hydrogen (secondary N) is 1. The summed E-state index contributed by atoms with van der Waals surface area (Å²) in [5.41, 5.74) is 3.18. The zero-order chi connectivity index (χ0) is 15.9. The fourth-order valence-corrected chi connectivity index (χ4v) is 3.27. The molecule has 0 aliphatic carbocycles. The molecule has 0 atom stereocenters. The lowest BCUT2D eigenvalue weighted by Gasteiger charge is -2.03. The predicted octanol–water partition coefficient (Wildman–Crippen LogP) is 1.79. The Morgan fingerprint density at radius 1 is 1.27 bits per heavy atom. The van der Waals surface area contributed by atoms with Crippen molar-refractivity contribution >= 4 is 37.3 Å². The van der Waals surface area contributed by atoms with Crippen molar-refractivity contribution in [2.24, 2.45) is 7.05 Å². The van der Waals surface area contributed by atoms with Gasteiger partial charge in [0.05, 0.1) is 17.6 Å². The second kappa shape index (κ2) is 5.40. The summed E-state index contributed by atoms with van der Waals surface area (Å²) < 4.78 is 29.3. The van der Waals surface area contributed by atoms with Crippen molar-refractivity contribution in [3.05, 3.63) is 46.6 Å². The lowest BCUT2D eigenvalue weighted by atomic mass is 10.2. The number of aryl methyl sites for hydroxylation is 1. The van der Waals surface area contributed by atoms with Gasteiger partial charge in [-0.25, -0.2) is 13.4 Å². The molecular weight excluding hydrogens is 370 g/mol. The van der Waals surface area contributed by atoms with Gasteiger partial charge in [-0.05, 0) is 28.1 Å². The second-order valence-corrected chi connectivity index (χ2v) is 7.58. The topological polar surface area (TPSA) is 81.3 Å². The maximum atomic E-state index is 11.3. The number of aromatic nitrogens is 4. The van der Waals surface area contributed by atoms with E-state index in [4.69, 9.17) is 0 Å². The highest BCUT2D eigenvalue weighted by Crippen LogP contribution is 2.19. The van der Waals surface area contributed by atoms with Crippen LogP contribution in [0, 0.1) is 0 Å². The van der Waals surface area contributed by atoms with E-state index in [-0.39, 0.29) is 0 Å². The van der Waals surface area contributed by atoms with E-state index < -0.39 is 10.0 Å². The highest BCUT2D eigenvalue weighted by Gasteiger charge is 2.10. The third-order valence-corrected chi connectivity index (χ3v) is 4.30. The van der Waals surface area contributed by atoms with E-state index in [1.54, 1.807) is 27.4 Å². The summed E-state index contributed by atoms with van der Waals surface area (Å²) in [6, 6.07) is 3.46. The van der Waals surface area contributed by atoms with Crippen LogP contribution in [0.3, 0.4) is 0 Å². The van der Waals surface area contributed by atoms with Crippen molar-refractivity contribution in [2.75, 3.05) is 11.0 Å². The molecule has 3 aromatic rings. The molecule has 0 bridgehead atoms. The SMILES string of the molecule is Cn1cc(Cc2cn3cc(NS(C)(=O)=O)ccc3n2)c(Br)n1. The molecule has 1 N–H and O–H groups in total. The molecule has 0 aliphatic rings. The Morgan fingerprint density at radius 2 is 2.05 bits per heavy atom. The van der Waals surface area contributed by atoms with Crippen LogP contribution >= 0.6 is 15.9 Å². The summed E-state index contributed by atoms with van der Waals surface area (Å²) in [6.07, 6.45) is 7.28. The van der Waals surface area contributed by atoms with E-state index in [1.165, 1.54) is 0 Å². The van der Waals surface area contributed by atoms with Gasteiger partial charge in [0.15, 0.2) is 0 Å². The minimum Gasteiger partial charge on any atom is -0.305 e. The molecule has 9 heteroatoms. The molecule has 0 saturated carbocycles. The first-order valence-electron chi connectivity index (χ1n) is 6.43. The summed E-state index contributed by atoms with van der Waals surface area (Å²) in [5, 5.41) is 4.24. The molecule has 0 spiro atoms. The number of imidazole rings is 1. The molecule has 0 fully saturated rings. The van der Waals surface area contributed by atoms with Crippen molar-refractivity contribution < 1.29 is 8.42 Å². The van der Waals surface area contributed by atoms with Gasteiger partial charge >= 0.3 is 0 Å². The first-order chi connectivity index (χ1) is 10.3. The van der Waals surface area contributed by atoms with Gasteiger partial charge in [0, 0.05) is 37.6 Å². The molecule has 22 heavy (non-hydrogen) atoms. The Hall–Kier alpha value is -1.87. The fraction of sp³-hybridized carbons (Fsp3) is 0.231.